The molecule has 0 amide bonds. The number of phenolic OH excluding ortho intramolecular Hbond substituents is 2. The number of fused-ring (bicyclic) bond motifs is 12. The van der Waals surface area contributed by atoms with Crippen molar-refractivity contribution in [2.45, 2.75) is 0 Å². The molecule has 2 aromatic heterocycles. The van der Waals surface area contributed by atoms with E-state index in [1.807, 2.05) is 84.9 Å². The molecule has 0 unspecified atom stereocenters. The van der Waals surface area contributed by atoms with Crippen molar-refractivity contribution in [3.8, 4) is 34.4 Å². The van der Waals surface area contributed by atoms with Gasteiger partial charge in [0.15, 0.2) is 11.2 Å². The van der Waals surface area contributed by atoms with Crippen molar-refractivity contribution in [2.24, 2.45) is 0 Å². The summed E-state index contributed by atoms with van der Waals surface area (Å²) in [6, 6.07) is 46.9. The zero-order valence-corrected chi connectivity index (χ0v) is 29.1. The van der Waals surface area contributed by atoms with E-state index in [4.69, 9.17) is 18.8 Å². The summed E-state index contributed by atoms with van der Waals surface area (Å²) in [4.78, 5) is 9.39. The van der Waals surface area contributed by atoms with Crippen molar-refractivity contribution in [1.29, 1.82) is 0 Å². The standard InChI is InChI=1S/2C21H13NO2.Zn/c2*23-18-12-6-5-11-17(18)21-22-19-15-9-3-1-7-13(15)14-8-2-4-10-16(14)20(19)24-21;/h2*1-12,23H;. The van der Waals surface area contributed by atoms with Crippen LogP contribution in [0, 0.1) is 0 Å². The molecule has 49 heavy (non-hydrogen) atoms. The van der Waals surface area contributed by atoms with Crippen molar-refractivity contribution in [3.63, 3.8) is 0 Å². The number of aromatic nitrogens is 2. The minimum absolute atomic E-state index is 0. The van der Waals surface area contributed by atoms with Crippen LogP contribution in [0.5, 0.6) is 11.5 Å². The third kappa shape index (κ3) is 4.98. The third-order valence-electron chi connectivity index (χ3n) is 8.81. The number of phenols is 2. The molecular formula is C42H26N2O4Zn. The first-order valence-electron chi connectivity index (χ1n) is 15.6. The Morgan fingerprint density at radius 2 is 0.633 bits per heavy atom. The minimum atomic E-state index is 0. The molecule has 8 aromatic carbocycles. The Balaban J connectivity index is 0.000000139. The third-order valence-corrected chi connectivity index (χ3v) is 8.81. The van der Waals surface area contributed by atoms with Crippen LogP contribution in [0.1, 0.15) is 0 Å². The summed E-state index contributed by atoms with van der Waals surface area (Å²) in [6.07, 6.45) is 0. The molecule has 0 saturated carbocycles. The first-order valence-corrected chi connectivity index (χ1v) is 15.6. The van der Waals surface area contributed by atoms with Crippen LogP contribution in [0.2, 0.25) is 0 Å². The van der Waals surface area contributed by atoms with E-state index < -0.39 is 0 Å². The van der Waals surface area contributed by atoms with Crippen LogP contribution in [0.25, 0.3) is 88.2 Å². The molecular weight excluding hydrogens is 662 g/mol. The fourth-order valence-electron chi connectivity index (χ4n) is 6.59. The predicted octanol–water partition coefficient (Wildman–Crippen LogP) is 11.0. The van der Waals surface area contributed by atoms with Gasteiger partial charge >= 0.3 is 0 Å². The molecule has 2 heterocycles. The van der Waals surface area contributed by atoms with Crippen LogP contribution in [0.3, 0.4) is 0 Å². The van der Waals surface area contributed by atoms with Crippen molar-refractivity contribution in [2.75, 3.05) is 0 Å². The molecule has 0 fully saturated rings. The quantitative estimate of drug-likeness (QED) is 0.139. The first kappa shape index (κ1) is 30.3. The van der Waals surface area contributed by atoms with Crippen LogP contribution in [0.15, 0.2) is 154 Å². The average molecular weight is 688 g/mol. The van der Waals surface area contributed by atoms with Gasteiger partial charge in [-0.25, -0.2) is 9.97 Å². The number of benzene rings is 8. The van der Waals surface area contributed by atoms with Gasteiger partial charge in [0.05, 0.1) is 11.1 Å². The maximum atomic E-state index is 10.1. The normalized spacial score (nSPS) is 11.3. The van der Waals surface area contributed by atoms with Crippen LogP contribution in [0.4, 0.5) is 0 Å². The second-order valence-electron chi connectivity index (χ2n) is 11.6. The van der Waals surface area contributed by atoms with Gasteiger partial charge in [0.1, 0.15) is 22.5 Å². The molecule has 0 aliphatic rings. The number of para-hydroxylation sites is 2. The van der Waals surface area contributed by atoms with Crippen molar-refractivity contribution in [1.82, 2.24) is 9.97 Å². The Kier molecular flexibility index (Phi) is 7.55. The van der Waals surface area contributed by atoms with Gasteiger partial charge in [0.2, 0.25) is 11.8 Å². The molecule has 10 rings (SSSR count). The first-order chi connectivity index (χ1) is 23.7. The number of nitrogens with zero attached hydrogens (tertiary/aromatic N) is 2. The summed E-state index contributed by atoms with van der Waals surface area (Å²) in [5, 5.41) is 29.0. The monoisotopic (exact) mass is 686 g/mol. The number of hydrogen-bond acceptors (Lipinski definition) is 6. The molecule has 0 spiro atoms. The number of oxazole rings is 2. The second-order valence-corrected chi connectivity index (χ2v) is 11.6. The van der Waals surface area contributed by atoms with Crippen LogP contribution in [-0.4, -0.2) is 20.2 Å². The predicted molar refractivity (Wildman–Crippen MR) is 192 cm³/mol. The average Bonchev–Trinajstić information content (AvgIpc) is 3.79. The van der Waals surface area contributed by atoms with E-state index in [0.29, 0.717) is 22.9 Å². The summed E-state index contributed by atoms with van der Waals surface area (Å²) in [5.41, 5.74) is 4.35. The number of aromatic hydroxyl groups is 2. The molecule has 0 aliphatic carbocycles. The van der Waals surface area contributed by atoms with E-state index in [0.717, 1.165) is 65.3 Å². The van der Waals surface area contributed by atoms with Crippen molar-refractivity contribution < 1.29 is 38.5 Å². The Morgan fingerprint density at radius 1 is 0.347 bits per heavy atom. The summed E-state index contributed by atoms with van der Waals surface area (Å²) in [7, 11) is 0. The Hall–Kier alpha value is -6.04. The molecule has 2 N–H and O–H groups in total. The number of rotatable bonds is 2. The van der Waals surface area contributed by atoms with Gasteiger partial charge in [0.25, 0.3) is 0 Å². The smallest absolute Gasteiger partial charge is 0.231 e. The molecule has 0 radical (unpaired) electrons. The fourth-order valence-corrected chi connectivity index (χ4v) is 6.59. The second kappa shape index (κ2) is 12.2. The summed E-state index contributed by atoms with van der Waals surface area (Å²) < 4.78 is 12.2. The summed E-state index contributed by atoms with van der Waals surface area (Å²) in [6.45, 7) is 0. The Labute approximate surface area is 292 Å². The topological polar surface area (TPSA) is 92.5 Å². The molecule has 0 aliphatic heterocycles. The zero-order chi connectivity index (χ0) is 32.2. The van der Waals surface area contributed by atoms with E-state index in [-0.39, 0.29) is 31.0 Å². The maximum absolute atomic E-state index is 10.1. The largest absolute Gasteiger partial charge is 0.507 e. The van der Waals surface area contributed by atoms with Gasteiger partial charge in [-0.15, -0.1) is 0 Å². The van der Waals surface area contributed by atoms with Crippen molar-refractivity contribution >= 4 is 65.3 Å². The van der Waals surface area contributed by atoms with Gasteiger partial charge in [0, 0.05) is 41.0 Å². The molecule has 0 bridgehead atoms. The van der Waals surface area contributed by atoms with Gasteiger partial charge < -0.3 is 19.0 Å². The molecule has 0 atom stereocenters. The Morgan fingerprint density at radius 3 is 1.00 bits per heavy atom. The molecule has 230 valence electrons. The zero-order valence-electron chi connectivity index (χ0n) is 26.2. The van der Waals surface area contributed by atoms with Gasteiger partial charge in [-0.2, -0.15) is 0 Å². The SMILES string of the molecule is Oc1ccccc1-c1nc2c3ccccc3c3ccccc3c2o1.Oc1ccccc1-c1nc2c3ccccc3c3ccccc3c2o1.[Zn]. The van der Waals surface area contributed by atoms with Crippen LogP contribution < -0.4 is 0 Å². The van der Waals surface area contributed by atoms with E-state index in [2.05, 4.69) is 36.4 Å². The van der Waals surface area contributed by atoms with Crippen LogP contribution >= 0.6 is 0 Å². The Bertz CT molecular complexity index is 2500. The van der Waals surface area contributed by atoms with E-state index in [1.165, 1.54) is 0 Å². The van der Waals surface area contributed by atoms with Crippen LogP contribution in [-0.2, 0) is 19.5 Å². The fraction of sp³-hybridized carbons (Fsp3) is 0. The molecule has 6 nitrogen and oxygen atoms in total. The minimum Gasteiger partial charge on any atom is -0.507 e. The number of hydrogen-bond donors (Lipinski definition) is 2. The van der Waals surface area contributed by atoms with Gasteiger partial charge in [-0.05, 0) is 45.8 Å². The van der Waals surface area contributed by atoms with Gasteiger partial charge in [-0.1, -0.05) is 121 Å². The van der Waals surface area contributed by atoms with E-state index in [1.54, 1.807) is 24.3 Å². The van der Waals surface area contributed by atoms with Crippen molar-refractivity contribution in [3.05, 3.63) is 146 Å². The summed E-state index contributed by atoms with van der Waals surface area (Å²) >= 11 is 0. The molecule has 0 saturated heterocycles. The van der Waals surface area contributed by atoms with E-state index in [9.17, 15) is 10.2 Å². The molecule has 10 aromatic rings. The maximum Gasteiger partial charge on any atom is 0.231 e. The molecule has 7 heteroatoms. The van der Waals surface area contributed by atoms with Gasteiger partial charge in [-0.3, -0.25) is 0 Å². The summed E-state index contributed by atoms with van der Waals surface area (Å²) in [5.74, 6) is 1.20. The van der Waals surface area contributed by atoms with E-state index >= 15 is 0 Å².